The van der Waals surface area contributed by atoms with Crippen molar-refractivity contribution >= 4 is 16.3 Å². The zero-order chi connectivity index (χ0) is 8.32. The lowest BCUT2D eigenvalue weighted by Crippen LogP contribution is -2.25. The number of isocyanates is 1. The van der Waals surface area contributed by atoms with Crippen molar-refractivity contribution in [2.24, 2.45) is 4.40 Å². The first-order chi connectivity index (χ1) is 5.17. The van der Waals surface area contributed by atoms with Gasteiger partial charge in [-0.15, -0.1) is 0 Å². The molecule has 0 unspecified atom stereocenters. The van der Waals surface area contributed by atoms with Crippen molar-refractivity contribution in [3.05, 3.63) is 0 Å². The van der Waals surface area contributed by atoms with Crippen LogP contribution in [0.15, 0.2) is 4.40 Å². The minimum absolute atomic E-state index is 0.466. The molecule has 6 heteroatoms. The molecule has 1 heterocycles. The lowest BCUT2D eigenvalue weighted by molar-refractivity contribution is 0.478. The monoisotopic (exact) mass is 176 g/mol. The van der Waals surface area contributed by atoms with Gasteiger partial charge in [-0.05, 0) is 12.8 Å². The van der Waals surface area contributed by atoms with E-state index in [4.69, 9.17) is 0 Å². The van der Waals surface area contributed by atoms with Gasteiger partial charge in [-0.25, -0.2) is 4.79 Å². The van der Waals surface area contributed by atoms with Gasteiger partial charge in [-0.3, -0.25) is 0 Å². The second-order valence-corrected chi connectivity index (χ2v) is 3.86. The summed E-state index contributed by atoms with van der Waals surface area (Å²) in [5.74, 6) is 0. The maximum atomic E-state index is 10.9. The fourth-order valence-corrected chi connectivity index (χ4v) is 1.95. The standard InChI is InChI=1S/C5H8N2O3S/c8-5-6-11(9,10)7-3-1-2-4-7/h1-4H2. The molecular formula is C5H8N2O3S. The highest BCUT2D eigenvalue weighted by Crippen LogP contribution is 2.12. The molecule has 0 aromatic rings. The predicted molar refractivity (Wildman–Crippen MR) is 37.8 cm³/mol. The van der Waals surface area contributed by atoms with E-state index in [-0.39, 0.29) is 0 Å². The first-order valence-corrected chi connectivity index (χ1v) is 4.66. The third-order valence-corrected chi connectivity index (χ3v) is 2.87. The summed E-state index contributed by atoms with van der Waals surface area (Å²) in [6.07, 6.45) is 2.71. The summed E-state index contributed by atoms with van der Waals surface area (Å²) in [5, 5.41) is 0. The van der Waals surface area contributed by atoms with Crippen LogP contribution in [0.5, 0.6) is 0 Å². The molecule has 1 rings (SSSR count). The third kappa shape index (κ3) is 1.86. The Bertz CT molecular complexity index is 272. The van der Waals surface area contributed by atoms with Gasteiger partial charge in [0.1, 0.15) is 0 Å². The molecular weight excluding hydrogens is 168 g/mol. The highest BCUT2D eigenvalue weighted by molar-refractivity contribution is 7.87. The van der Waals surface area contributed by atoms with Gasteiger partial charge in [0.05, 0.1) is 0 Å². The minimum atomic E-state index is -3.68. The van der Waals surface area contributed by atoms with Crippen molar-refractivity contribution in [3.63, 3.8) is 0 Å². The molecule has 11 heavy (non-hydrogen) atoms. The number of hydrogen-bond acceptors (Lipinski definition) is 3. The van der Waals surface area contributed by atoms with Gasteiger partial charge in [0.25, 0.3) is 6.08 Å². The summed E-state index contributed by atoms with van der Waals surface area (Å²) in [6, 6.07) is 0. The largest absolute Gasteiger partial charge is 0.332 e. The topological polar surface area (TPSA) is 66.8 Å². The molecule has 0 spiro atoms. The molecule has 0 N–H and O–H groups in total. The van der Waals surface area contributed by atoms with E-state index in [0.717, 1.165) is 18.9 Å². The number of hydrogen-bond donors (Lipinski definition) is 0. The van der Waals surface area contributed by atoms with Crippen molar-refractivity contribution in [3.8, 4) is 0 Å². The van der Waals surface area contributed by atoms with E-state index in [2.05, 4.69) is 4.40 Å². The van der Waals surface area contributed by atoms with Gasteiger partial charge in [-0.1, -0.05) is 4.40 Å². The Hall–Kier alpha value is -0.710. The van der Waals surface area contributed by atoms with Crippen LogP contribution in [-0.4, -0.2) is 31.9 Å². The molecule has 1 saturated heterocycles. The quantitative estimate of drug-likeness (QED) is 0.427. The SMILES string of the molecule is O=C=NS(=O)(=O)N1CCCC1. The summed E-state index contributed by atoms with van der Waals surface area (Å²) in [5.41, 5.74) is 0. The van der Waals surface area contributed by atoms with E-state index in [1.54, 1.807) is 0 Å². The Kier molecular flexibility index (Phi) is 2.38. The Morgan fingerprint density at radius 3 is 2.27 bits per heavy atom. The third-order valence-electron chi connectivity index (χ3n) is 1.54. The van der Waals surface area contributed by atoms with Crippen LogP contribution in [0.2, 0.25) is 0 Å². The highest BCUT2D eigenvalue weighted by Gasteiger charge is 2.24. The van der Waals surface area contributed by atoms with Crippen LogP contribution in [0, 0.1) is 0 Å². The molecule has 0 radical (unpaired) electrons. The molecule has 1 fully saturated rings. The van der Waals surface area contributed by atoms with Crippen molar-refractivity contribution < 1.29 is 13.2 Å². The van der Waals surface area contributed by atoms with Crippen molar-refractivity contribution in [1.82, 2.24) is 4.31 Å². The van der Waals surface area contributed by atoms with Crippen LogP contribution in [-0.2, 0) is 15.0 Å². The maximum absolute atomic E-state index is 10.9. The van der Waals surface area contributed by atoms with Crippen molar-refractivity contribution in [2.45, 2.75) is 12.8 Å². The molecule has 5 nitrogen and oxygen atoms in total. The summed E-state index contributed by atoms with van der Waals surface area (Å²) in [7, 11) is -3.68. The van der Waals surface area contributed by atoms with Gasteiger partial charge in [0.2, 0.25) is 0 Å². The van der Waals surface area contributed by atoms with Gasteiger partial charge >= 0.3 is 10.2 Å². The van der Waals surface area contributed by atoms with E-state index in [1.807, 2.05) is 0 Å². The molecule has 0 saturated carbocycles. The van der Waals surface area contributed by atoms with E-state index in [9.17, 15) is 13.2 Å². The summed E-state index contributed by atoms with van der Waals surface area (Å²) in [6.45, 7) is 0.932. The van der Waals surface area contributed by atoms with Crippen molar-refractivity contribution in [1.29, 1.82) is 0 Å². The smallest absolute Gasteiger partial charge is 0.210 e. The normalized spacial score (nSPS) is 19.6. The van der Waals surface area contributed by atoms with Gasteiger partial charge in [-0.2, -0.15) is 12.7 Å². The summed E-state index contributed by atoms with van der Waals surface area (Å²) >= 11 is 0. The molecule has 1 aliphatic heterocycles. The number of nitrogens with zero attached hydrogens (tertiary/aromatic N) is 2. The molecule has 62 valence electrons. The Balaban J connectivity index is 2.79. The Morgan fingerprint density at radius 2 is 1.82 bits per heavy atom. The molecule has 0 amide bonds. The van der Waals surface area contributed by atoms with Crippen LogP contribution in [0.4, 0.5) is 0 Å². The predicted octanol–water partition coefficient (Wildman–Crippen LogP) is -0.337. The van der Waals surface area contributed by atoms with Crippen LogP contribution in [0.3, 0.4) is 0 Å². The first kappa shape index (κ1) is 8.39. The van der Waals surface area contributed by atoms with Crippen molar-refractivity contribution in [2.75, 3.05) is 13.1 Å². The Morgan fingerprint density at radius 1 is 1.27 bits per heavy atom. The molecule has 0 bridgehead atoms. The van der Waals surface area contributed by atoms with E-state index in [0.29, 0.717) is 13.1 Å². The molecule has 1 aliphatic rings. The Labute approximate surface area is 64.9 Å². The molecule has 0 atom stereocenters. The second kappa shape index (κ2) is 3.13. The van der Waals surface area contributed by atoms with E-state index < -0.39 is 10.2 Å². The fraction of sp³-hybridized carbons (Fsp3) is 0.800. The summed E-state index contributed by atoms with van der Waals surface area (Å²) in [4.78, 5) is 9.68. The minimum Gasteiger partial charge on any atom is -0.210 e. The van der Waals surface area contributed by atoms with E-state index in [1.165, 1.54) is 4.31 Å². The average Bonchev–Trinajstić information content (AvgIpc) is 2.37. The highest BCUT2D eigenvalue weighted by atomic mass is 32.2. The lowest BCUT2D eigenvalue weighted by atomic mass is 10.4. The van der Waals surface area contributed by atoms with Gasteiger partial charge in [0.15, 0.2) is 0 Å². The number of rotatable bonds is 2. The molecule has 0 aliphatic carbocycles. The zero-order valence-electron chi connectivity index (χ0n) is 5.86. The lowest BCUT2D eigenvalue weighted by Gasteiger charge is -2.08. The fourth-order valence-electron chi connectivity index (χ4n) is 1.02. The van der Waals surface area contributed by atoms with Gasteiger partial charge < -0.3 is 0 Å². The average molecular weight is 176 g/mol. The van der Waals surface area contributed by atoms with Crippen LogP contribution < -0.4 is 0 Å². The number of carbonyl (C=O) groups excluding carboxylic acids is 1. The van der Waals surface area contributed by atoms with Crippen LogP contribution in [0.25, 0.3) is 0 Å². The van der Waals surface area contributed by atoms with E-state index >= 15 is 0 Å². The van der Waals surface area contributed by atoms with Crippen LogP contribution in [0.1, 0.15) is 12.8 Å². The molecule has 0 aromatic heterocycles. The summed E-state index contributed by atoms with van der Waals surface area (Å²) < 4.78 is 25.8. The first-order valence-electron chi connectivity index (χ1n) is 3.26. The zero-order valence-corrected chi connectivity index (χ0v) is 6.67. The second-order valence-electron chi connectivity index (χ2n) is 2.27. The maximum Gasteiger partial charge on any atom is 0.332 e. The van der Waals surface area contributed by atoms with Crippen LogP contribution >= 0.6 is 0 Å². The van der Waals surface area contributed by atoms with Gasteiger partial charge in [0, 0.05) is 13.1 Å². The molecule has 0 aromatic carbocycles.